The van der Waals surface area contributed by atoms with Crippen LogP contribution in [0, 0.1) is 11.3 Å². The average molecular weight is 138 g/mol. The molecular formula is C8H14N2. The Labute approximate surface area is 62.5 Å². The SMILES string of the molecule is C=CCCNC(C)CC#N. The van der Waals surface area contributed by atoms with E-state index in [2.05, 4.69) is 18.0 Å². The highest BCUT2D eigenvalue weighted by Crippen LogP contribution is 1.87. The summed E-state index contributed by atoms with van der Waals surface area (Å²) in [7, 11) is 0. The van der Waals surface area contributed by atoms with Crippen LogP contribution in [0.15, 0.2) is 12.7 Å². The van der Waals surface area contributed by atoms with Crippen molar-refractivity contribution in [3.05, 3.63) is 12.7 Å². The van der Waals surface area contributed by atoms with Crippen LogP contribution in [0.2, 0.25) is 0 Å². The van der Waals surface area contributed by atoms with Crippen molar-refractivity contribution in [1.82, 2.24) is 5.32 Å². The van der Waals surface area contributed by atoms with E-state index in [0.29, 0.717) is 12.5 Å². The Morgan fingerprint density at radius 1 is 1.80 bits per heavy atom. The van der Waals surface area contributed by atoms with Crippen molar-refractivity contribution < 1.29 is 0 Å². The summed E-state index contributed by atoms with van der Waals surface area (Å²) >= 11 is 0. The smallest absolute Gasteiger partial charge is 0.0638 e. The van der Waals surface area contributed by atoms with E-state index < -0.39 is 0 Å². The van der Waals surface area contributed by atoms with Crippen LogP contribution in [0.1, 0.15) is 19.8 Å². The standard InChI is InChI=1S/C8H14N2/c1-3-4-7-10-8(2)5-6-9/h3,8,10H,1,4-5,7H2,2H3. The lowest BCUT2D eigenvalue weighted by molar-refractivity contribution is 0.564. The van der Waals surface area contributed by atoms with Crippen LogP contribution in [0.4, 0.5) is 0 Å². The molecule has 0 aliphatic heterocycles. The first-order chi connectivity index (χ1) is 4.81. The highest BCUT2D eigenvalue weighted by Gasteiger charge is 1.96. The van der Waals surface area contributed by atoms with E-state index in [0.717, 1.165) is 13.0 Å². The average Bonchev–Trinajstić information content (AvgIpc) is 1.89. The first-order valence-electron chi connectivity index (χ1n) is 3.52. The fraction of sp³-hybridized carbons (Fsp3) is 0.625. The summed E-state index contributed by atoms with van der Waals surface area (Å²) in [5, 5.41) is 11.5. The van der Waals surface area contributed by atoms with Gasteiger partial charge in [-0.05, 0) is 19.9 Å². The Morgan fingerprint density at radius 3 is 3.00 bits per heavy atom. The van der Waals surface area contributed by atoms with Gasteiger partial charge in [0, 0.05) is 6.04 Å². The van der Waals surface area contributed by atoms with Crippen molar-refractivity contribution >= 4 is 0 Å². The molecule has 0 aromatic carbocycles. The number of nitrogens with one attached hydrogen (secondary N) is 1. The first-order valence-corrected chi connectivity index (χ1v) is 3.52. The molecule has 0 aliphatic rings. The number of rotatable bonds is 5. The number of nitriles is 1. The molecule has 1 atom stereocenters. The van der Waals surface area contributed by atoms with Crippen LogP contribution < -0.4 is 5.32 Å². The topological polar surface area (TPSA) is 35.8 Å². The lowest BCUT2D eigenvalue weighted by Crippen LogP contribution is -2.26. The normalized spacial score (nSPS) is 12.0. The molecule has 0 aromatic heterocycles. The molecule has 0 radical (unpaired) electrons. The van der Waals surface area contributed by atoms with Crippen molar-refractivity contribution in [2.45, 2.75) is 25.8 Å². The van der Waals surface area contributed by atoms with Gasteiger partial charge in [0.25, 0.3) is 0 Å². The predicted octanol–water partition coefficient (Wildman–Crippen LogP) is 1.45. The van der Waals surface area contributed by atoms with E-state index in [1.165, 1.54) is 0 Å². The molecule has 56 valence electrons. The molecule has 0 amide bonds. The van der Waals surface area contributed by atoms with Gasteiger partial charge in [-0.1, -0.05) is 6.08 Å². The van der Waals surface area contributed by atoms with Crippen LogP contribution in [-0.2, 0) is 0 Å². The number of hydrogen-bond donors (Lipinski definition) is 1. The second kappa shape index (κ2) is 6.31. The first kappa shape index (κ1) is 9.19. The van der Waals surface area contributed by atoms with Crippen LogP contribution in [0.5, 0.6) is 0 Å². The van der Waals surface area contributed by atoms with Gasteiger partial charge in [-0.3, -0.25) is 0 Å². The molecule has 0 heterocycles. The molecule has 10 heavy (non-hydrogen) atoms. The zero-order chi connectivity index (χ0) is 7.82. The third-order valence-corrected chi connectivity index (χ3v) is 1.24. The summed E-state index contributed by atoms with van der Waals surface area (Å²) < 4.78 is 0. The van der Waals surface area contributed by atoms with Gasteiger partial charge in [-0.15, -0.1) is 6.58 Å². The molecular weight excluding hydrogens is 124 g/mol. The second-order valence-electron chi connectivity index (χ2n) is 2.29. The molecule has 0 saturated carbocycles. The highest BCUT2D eigenvalue weighted by atomic mass is 14.9. The van der Waals surface area contributed by atoms with Gasteiger partial charge in [0.15, 0.2) is 0 Å². The zero-order valence-electron chi connectivity index (χ0n) is 6.43. The number of nitrogens with zero attached hydrogens (tertiary/aromatic N) is 1. The van der Waals surface area contributed by atoms with E-state index in [-0.39, 0.29) is 0 Å². The summed E-state index contributed by atoms with van der Waals surface area (Å²) in [5.74, 6) is 0. The van der Waals surface area contributed by atoms with Gasteiger partial charge in [-0.25, -0.2) is 0 Å². The van der Waals surface area contributed by atoms with Gasteiger partial charge < -0.3 is 5.32 Å². The van der Waals surface area contributed by atoms with Crippen molar-refractivity contribution in [1.29, 1.82) is 5.26 Å². The molecule has 0 aliphatic carbocycles. The van der Waals surface area contributed by atoms with E-state index in [1.807, 2.05) is 13.0 Å². The second-order valence-corrected chi connectivity index (χ2v) is 2.29. The van der Waals surface area contributed by atoms with Gasteiger partial charge in [0.2, 0.25) is 0 Å². The third kappa shape index (κ3) is 5.33. The van der Waals surface area contributed by atoms with Crippen molar-refractivity contribution in [2.24, 2.45) is 0 Å². The Bertz CT molecular complexity index is 124. The predicted molar refractivity (Wildman–Crippen MR) is 42.5 cm³/mol. The van der Waals surface area contributed by atoms with Crippen molar-refractivity contribution in [2.75, 3.05) is 6.54 Å². The summed E-state index contributed by atoms with van der Waals surface area (Å²) in [6, 6.07) is 2.42. The van der Waals surface area contributed by atoms with Crippen LogP contribution >= 0.6 is 0 Å². The molecule has 1 unspecified atom stereocenters. The molecule has 0 aromatic rings. The van der Waals surface area contributed by atoms with E-state index >= 15 is 0 Å². The summed E-state index contributed by atoms with van der Waals surface area (Å²) in [5.41, 5.74) is 0. The Kier molecular flexibility index (Phi) is 5.80. The lowest BCUT2D eigenvalue weighted by Gasteiger charge is -2.07. The maximum atomic E-state index is 8.28. The molecule has 0 fully saturated rings. The molecule has 0 saturated heterocycles. The fourth-order valence-electron chi connectivity index (χ4n) is 0.641. The molecule has 0 bridgehead atoms. The minimum Gasteiger partial charge on any atom is -0.313 e. The highest BCUT2D eigenvalue weighted by molar-refractivity contribution is 4.78. The fourth-order valence-corrected chi connectivity index (χ4v) is 0.641. The summed E-state index contributed by atoms with van der Waals surface area (Å²) in [6.45, 7) is 6.53. The third-order valence-electron chi connectivity index (χ3n) is 1.24. The Hall–Kier alpha value is -0.810. The van der Waals surface area contributed by atoms with Crippen molar-refractivity contribution in [3.8, 4) is 6.07 Å². The maximum Gasteiger partial charge on any atom is 0.0638 e. The van der Waals surface area contributed by atoms with E-state index in [4.69, 9.17) is 5.26 Å². The molecule has 2 heteroatoms. The van der Waals surface area contributed by atoms with Gasteiger partial charge in [-0.2, -0.15) is 5.26 Å². The van der Waals surface area contributed by atoms with Crippen LogP contribution in [0.25, 0.3) is 0 Å². The Balaban J connectivity index is 3.14. The van der Waals surface area contributed by atoms with Gasteiger partial charge >= 0.3 is 0 Å². The summed E-state index contributed by atoms with van der Waals surface area (Å²) in [4.78, 5) is 0. The minimum atomic E-state index is 0.310. The molecule has 0 spiro atoms. The molecule has 1 N–H and O–H groups in total. The van der Waals surface area contributed by atoms with Crippen LogP contribution in [0.3, 0.4) is 0 Å². The van der Waals surface area contributed by atoms with Gasteiger partial charge in [0.05, 0.1) is 12.5 Å². The Morgan fingerprint density at radius 2 is 2.50 bits per heavy atom. The number of hydrogen-bond acceptors (Lipinski definition) is 2. The minimum absolute atomic E-state index is 0.310. The molecule has 0 rings (SSSR count). The zero-order valence-corrected chi connectivity index (χ0v) is 6.43. The summed E-state index contributed by atoms with van der Waals surface area (Å²) in [6.07, 6.45) is 3.42. The van der Waals surface area contributed by atoms with Crippen LogP contribution in [-0.4, -0.2) is 12.6 Å². The largest absolute Gasteiger partial charge is 0.313 e. The quantitative estimate of drug-likeness (QED) is 0.461. The van der Waals surface area contributed by atoms with Crippen molar-refractivity contribution in [3.63, 3.8) is 0 Å². The monoisotopic (exact) mass is 138 g/mol. The lowest BCUT2D eigenvalue weighted by atomic mass is 10.2. The van der Waals surface area contributed by atoms with Gasteiger partial charge in [0.1, 0.15) is 0 Å². The maximum absolute atomic E-state index is 8.28. The van der Waals surface area contributed by atoms with E-state index in [1.54, 1.807) is 0 Å². The van der Waals surface area contributed by atoms with E-state index in [9.17, 15) is 0 Å². The molecule has 2 nitrogen and oxygen atoms in total.